The molecule has 132 valence electrons. The van der Waals surface area contributed by atoms with E-state index in [-0.39, 0.29) is 18.4 Å². The van der Waals surface area contributed by atoms with Gasteiger partial charge in [0.25, 0.3) is 0 Å². The molecule has 2 aromatic rings. The fraction of sp³-hybridized carbons (Fsp3) is 0.444. The van der Waals surface area contributed by atoms with E-state index in [2.05, 4.69) is 15.5 Å². The molecule has 0 radical (unpaired) electrons. The number of nitrogens with zero attached hydrogens (tertiary/aromatic N) is 3. The molecule has 1 saturated heterocycles. The summed E-state index contributed by atoms with van der Waals surface area (Å²) in [6.45, 7) is 4.50. The highest BCUT2D eigenvalue weighted by Crippen LogP contribution is 2.19. The van der Waals surface area contributed by atoms with E-state index in [4.69, 9.17) is 4.52 Å². The molecule has 0 aliphatic carbocycles. The van der Waals surface area contributed by atoms with Crippen LogP contribution in [0.3, 0.4) is 0 Å². The molecule has 0 unspecified atom stereocenters. The molecular weight excluding hydrogens is 320 g/mol. The fourth-order valence-electron chi connectivity index (χ4n) is 2.78. The number of aryl methyl sites for hydroxylation is 1. The van der Waals surface area contributed by atoms with Gasteiger partial charge in [-0.2, -0.15) is 4.98 Å². The lowest BCUT2D eigenvalue weighted by atomic mass is 10.1. The SMILES string of the molecule is Cc1ccc(-c2noc([C@@H](C)NC(=O)CN3CCCCC3=O)n2)cc1. The molecule has 1 aliphatic rings. The highest BCUT2D eigenvalue weighted by atomic mass is 16.5. The number of hydrogen-bond acceptors (Lipinski definition) is 5. The molecule has 0 saturated carbocycles. The summed E-state index contributed by atoms with van der Waals surface area (Å²) in [7, 11) is 0. The molecule has 7 heteroatoms. The van der Waals surface area contributed by atoms with E-state index < -0.39 is 6.04 Å². The third-order valence-corrected chi connectivity index (χ3v) is 4.26. The second-order valence-electron chi connectivity index (χ2n) is 6.38. The molecule has 1 aromatic carbocycles. The monoisotopic (exact) mass is 342 g/mol. The molecule has 0 bridgehead atoms. The van der Waals surface area contributed by atoms with E-state index in [0.717, 1.165) is 24.0 Å². The summed E-state index contributed by atoms with van der Waals surface area (Å²) in [5.41, 5.74) is 2.01. The zero-order valence-corrected chi connectivity index (χ0v) is 14.5. The lowest BCUT2D eigenvalue weighted by Gasteiger charge is -2.26. The van der Waals surface area contributed by atoms with Crippen LogP contribution in [0.25, 0.3) is 11.4 Å². The minimum Gasteiger partial charge on any atom is -0.343 e. The van der Waals surface area contributed by atoms with E-state index in [1.165, 1.54) is 0 Å². The van der Waals surface area contributed by atoms with Gasteiger partial charge in [0.2, 0.25) is 23.5 Å². The zero-order valence-electron chi connectivity index (χ0n) is 14.5. The number of amides is 2. The van der Waals surface area contributed by atoms with E-state index >= 15 is 0 Å². The first-order valence-corrected chi connectivity index (χ1v) is 8.51. The smallest absolute Gasteiger partial charge is 0.249 e. The highest BCUT2D eigenvalue weighted by molar-refractivity contribution is 5.85. The Morgan fingerprint density at radius 2 is 2.08 bits per heavy atom. The molecule has 2 heterocycles. The normalized spacial score (nSPS) is 15.9. The second kappa shape index (κ2) is 7.46. The quantitative estimate of drug-likeness (QED) is 0.900. The number of carbonyl (C=O) groups excluding carboxylic acids is 2. The number of benzene rings is 1. The van der Waals surface area contributed by atoms with Crippen LogP contribution in [0, 0.1) is 6.92 Å². The van der Waals surface area contributed by atoms with Gasteiger partial charge in [0.15, 0.2) is 0 Å². The summed E-state index contributed by atoms with van der Waals surface area (Å²) in [6.07, 6.45) is 2.36. The van der Waals surface area contributed by atoms with Crippen LogP contribution in [0.5, 0.6) is 0 Å². The second-order valence-corrected chi connectivity index (χ2v) is 6.38. The van der Waals surface area contributed by atoms with Crippen molar-refractivity contribution in [1.29, 1.82) is 0 Å². The Bertz CT molecular complexity index is 754. The van der Waals surface area contributed by atoms with Crippen molar-refractivity contribution in [3.8, 4) is 11.4 Å². The Kier molecular flexibility index (Phi) is 5.11. The summed E-state index contributed by atoms with van der Waals surface area (Å²) in [5, 5.41) is 6.78. The molecule has 1 fully saturated rings. The minimum atomic E-state index is -0.418. The number of carbonyl (C=O) groups is 2. The summed E-state index contributed by atoms with van der Waals surface area (Å²) in [6, 6.07) is 7.39. The average molecular weight is 342 g/mol. The molecule has 0 spiro atoms. The van der Waals surface area contributed by atoms with Crippen molar-refractivity contribution in [3.05, 3.63) is 35.7 Å². The molecule has 25 heavy (non-hydrogen) atoms. The van der Waals surface area contributed by atoms with Gasteiger partial charge in [-0.1, -0.05) is 35.0 Å². The number of nitrogens with one attached hydrogen (secondary N) is 1. The van der Waals surface area contributed by atoms with Crippen LogP contribution in [-0.4, -0.2) is 39.9 Å². The van der Waals surface area contributed by atoms with Gasteiger partial charge < -0.3 is 14.7 Å². The van der Waals surface area contributed by atoms with Crippen LogP contribution in [0.15, 0.2) is 28.8 Å². The number of piperidine rings is 1. The van der Waals surface area contributed by atoms with Gasteiger partial charge in [0.1, 0.15) is 6.04 Å². The lowest BCUT2D eigenvalue weighted by Crippen LogP contribution is -2.43. The standard InChI is InChI=1S/C18H22N4O3/c1-12-6-8-14(9-7-12)17-20-18(25-21-17)13(2)19-15(23)11-22-10-4-3-5-16(22)24/h6-9,13H,3-5,10-11H2,1-2H3,(H,19,23)/t13-/m1/s1. The van der Waals surface area contributed by atoms with Gasteiger partial charge in [0, 0.05) is 18.5 Å². The van der Waals surface area contributed by atoms with E-state index in [9.17, 15) is 9.59 Å². The Morgan fingerprint density at radius 3 is 2.80 bits per heavy atom. The summed E-state index contributed by atoms with van der Waals surface area (Å²) in [4.78, 5) is 29.9. The molecule has 1 aliphatic heterocycles. The van der Waals surface area contributed by atoms with Crippen molar-refractivity contribution in [2.24, 2.45) is 0 Å². The summed E-state index contributed by atoms with van der Waals surface area (Å²) < 4.78 is 5.27. The molecule has 2 amide bonds. The van der Waals surface area contributed by atoms with Crippen LogP contribution < -0.4 is 5.32 Å². The molecule has 1 N–H and O–H groups in total. The van der Waals surface area contributed by atoms with Gasteiger partial charge in [-0.25, -0.2) is 0 Å². The fourth-order valence-corrected chi connectivity index (χ4v) is 2.78. The van der Waals surface area contributed by atoms with Crippen LogP contribution in [-0.2, 0) is 9.59 Å². The Labute approximate surface area is 146 Å². The van der Waals surface area contributed by atoms with Crippen molar-refractivity contribution in [2.45, 2.75) is 39.2 Å². The summed E-state index contributed by atoms with van der Waals surface area (Å²) in [5.74, 6) is 0.641. The zero-order chi connectivity index (χ0) is 17.8. The maximum absolute atomic E-state index is 12.2. The number of aromatic nitrogens is 2. The topological polar surface area (TPSA) is 88.3 Å². The predicted octanol–water partition coefficient (Wildman–Crippen LogP) is 2.23. The average Bonchev–Trinajstić information content (AvgIpc) is 3.08. The molecule has 7 nitrogen and oxygen atoms in total. The Morgan fingerprint density at radius 1 is 1.32 bits per heavy atom. The highest BCUT2D eigenvalue weighted by Gasteiger charge is 2.23. The molecule has 1 aromatic heterocycles. The Balaban J connectivity index is 1.59. The van der Waals surface area contributed by atoms with Crippen molar-refractivity contribution >= 4 is 11.8 Å². The van der Waals surface area contributed by atoms with E-state index in [1.54, 1.807) is 11.8 Å². The number of rotatable bonds is 5. The van der Waals surface area contributed by atoms with Crippen molar-refractivity contribution in [3.63, 3.8) is 0 Å². The van der Waals surface area contributed by atoms with Gasteiger partial charge in [0.05, 0.1) is 6.54 Å². The van der Waals surface area contributed by atoms with Gasteiger partial charge in [-0.15, -0.1) is 0 Å². The van der Waals surface area contributed by atoms with Crippen LogP contribution in [0.2, 0.25) is 0 Å². The summed E-state index contributed by atoms with van der Waals surface area (Å²) >= 11 is 0. The maximum atomic E-state index is 12.2. The number of likely N-dealkylation sites (tertiary alicyclic amines) is 1. The van der Waals surface area contributed by atoms with Crippen LogP contribution in [0.4, 0.5) is 0 Å². The predicted molar refractivity (Wildman–Crippen MR) is 91.5 cm³/mol. The molecular formula is C18H22N4O3. The minimum absolute atomic E-state index is 0.0356. The van der Waals surface area contributed by atoms with Gasteiger partial charge >= 0.3 is 0 Å². The molecule has 3 rings (SSSR count). The van der Waals surface area contributed by atoms with Gasteiger partial charge in [-0.05, 0) is 26.7 Å². The third kappa shape index (κ3) is 4.23. The lowest BCUT2D eigenvalue weighted by molar-refractivity contribution is -0.138. The van der Waals surface area contributed by atoms with Crippen molar-refractivity contribution < 1.29 is 14.1 Å². The van der Waals surface area contributed by atoms with Crippen molar-refractivity contribution in [1.82, 2.24) is 20.4 Å². The number of hydrogen-bond donors (Lipinski definition) is 1. The van der Waals surface area contributed by atoms with Crippen LogP contribution in [0.1, 0.15) is 43.7 Å². The first-order valence-electron chi connectivity index (χ1n) is 8.51. The van der Waals surface area contributed by atoms with Gasteiger partial charge in [-0.3, -0.25) is 9.59 Å². The van der Waals surface area contributed by atoms with E-state index in [1.807, 2.05) is 31.2 Å². The van der Waals surface area contributed by atoms with Crippen molar-refractivity contribution in [2.75, 3.05) is 13.1 Å². The van der Waals surface area contributed by atoms with E-state index in [0.29, 0.717) is 24.7 Å². The third-order valence-electron chi connectivity index (χ3n) is 4.26. The first kappa shape index (κ1) is 17.1. The Hall–Kier alpha value is -2.70. The maximum Gasteiger partial charge on any atom is 0.249 e. The largest absolute Gasteiger partial charge is 0.343 e. The van der Waals surface area contributed by atoms with Crippen LogP contribution >= 0.6 is 0 Å². The molecule has 1 atom stereocenters. The first-order chi connectivity index (χ1) is 12.0.